The maximum Gasteiger partial charge on any atom is 0.248 e. The Morgan fingerprint density at radius 2 is 1.67 bits per heavy atom. The molecule has 0 aliphatic carbocycles. The highest BCUT2D eigenvalue weighted by Gasteiger charge is 2.75. The monoisotopic (exact) mass is 553 g/mol. The molecule has 3 fully saturated rings. The minimum atomic E-state index is -0.753. The number of hydrogen-bond donors (Lipinski definition) is 3. The van der Waals surface area contributed by atoms with Crippen LogP contribution in [-0.4, -0.2) is 70.6 Å². The zero-order valence-electron chi connectivity index (χ0n) is 22.4. The lowest BCUT2D eigenvalue weighted by Gasteiger charge is -2.38. The van der Waals surface area contributed by atoms with Crippen LogP contribution >= 0.6 is 11.8 Å². The number of nitrogens with one attached hydrogen (secondary N) is 2. The van der Waals surface area contributed by atoms with E-state index < -0.39 is 22.6 Å². The molecule has 0 aromatic heterocycles. The van der Waals surface area contributed by atoms with Gasteiger partial charge in [-0.15, -0.1) is 11.8 Å². The van der Waals surface area contributed by atoms with Gasteiger partial charge in [-0.3, -0.25) is 14.4 Å². The Bertz CT molecular complexity index is 1220. The minimum absolute atomic E-state index is 0.0571. The van der Waals surface area contributed by atoms with Gasteiger partial charge in [0, 0.05) is 29.8 Å². The zero-order chi connectivity index (χ0) is 27.7. The third-order valence-corrected chi connectivity index (χ3v) is 10.2. The van der Waals surface area contributed by atoms with Gasteiger partial charge in [-0.1, -0.05) is 6.92 Å². The number of nitrogens with zero attached hydrogens (tertiary/aromatic N) is 1. The normalized spacial score (nSPS) is 28.8. The van der Waals surface area contributed by atoms with Crippen LogP contribution in [0.3, 0.4) is 0 Å². The van der Waals surface area contributed by atoms with Crippen LogP contribution in [0.25, 0.3) is 0 Å². The lowest BCUT2D eigenvalue weighted by molar-refractivity contribution is -0.138. The highest BCUT2D eigenvalue weighted by Crippen LogP contribution is 2.68. The van der Waals surface area contributed by atoms with E-state index in [2.05, 4.69) is 17.6 Å². The fourth-order valence-corrected chi connectivity index (χ4v) is 8.94. The largest absolute Gasteiger partial charge is 0.497 e. The molecule has 3 heterocycles. The molecular weight excluding hydrogens is 518 g/mol. The van der Waals surface area contributed by atoms with Crippen molar-refractivity contribution in [3.05, 3.63) is 48.5 Å². The predicted molar refractivity (Wildman–Crippen MR) is 150 cm³/mol. The molecule has 3 unspecified atom stereocenters. The van der Waals surface area contributed by atoms with E-state index in [4.69, 9.17) is 9.47 Å². The minimum Gasteiger partial charge on any atom is -0.497 e. The summed E-state index contributed by atoms with van der Waals surface area (Å²) >= 11 is 1.62. The summed E-state index contributed by atoms with van der Waals surface area (Å²) in [6, 6.07) is 13.5. The summed E-state index contributed by atoms with van der Waals surface area (Å²) in [5.74, 6) is -0.399. The number of carbonyl (C=O) groups excluding carboxylic acids is 3. The Labute approximate surface area is 232 Å². The van der Waals surface area contributed by atoms with E-state index in [1.165, 1.54) is 0 Å². The summed E-state index contributed by atoms with van der Waals surface area (Å²) in [4.78, 5) is 43.2. The number of anilines is 2. The molecule has 3 amide bonds. The molecule has 208 valence electrons. The van der Waals surface area contributed by atoms with Crippen LogP contribution in [-0.2, 0) is 14.4 Å². The number of benzene rings is 2. The number of likely N-dealkylation sites (tertiary alicyclic amines) is 1. The van der Waals surface area contributed by atoms with Gasteiger partial charge in [0.2, 0.25) is 17.7 Å². The zero-order valence-corrected chi connectivity index (χ0v) is 23.2. The lowest BCUT2D eigenvalue weighted by atomic mass is 9.66. The Morgan fingerprint density at radius 1 is 1.05 bits per heavy atom. The standard InChI is InChI=1S/C29H35N3O6S/c1-4-38-21-12-8-18(9-13-21)30-26(34)23-22-16-17(2)29(39-22)24(23)28(36)32(14-5-15-33)25(29)27(35)31-19-6-10-20(37-3)11-7-19/h6-13,17,22-25,33H,4-5,14-16H2,1-3H3,(H,30,34)(H,31,35)/t17?,22-,23+,24+,25?,29?/m1/s1. The average molecular weight is 554 g/mol. The first-order valence-corrected chi connectivity index (χ1v) is 14.3. The molecule has 39 heavy (non-hydrogen) atoms. The predicted octanol–water partition coefficient (Wildman–Crippen LogP) is 3.39. The number of aliphatic hydroxyl groups excluding tert-OH is 1. The van der Waals surface area contributed by atoms with Crippen molar-refractivity contribution in [1.29, 1.82) is 0 Å². The second-order valence-corrected chi connectivity index (χ2v) is 11.9. The third kappa shape index (κ3) is 4.74. The van der Waals surface area contributed by atoms with E-state index in [0.29, 0.717) is 30.2 Å². The van der Waals surface area contributed by atoms with Gasteiger partial charge in [-0.2, -0.15) is 0 Å². The van der Waals surface area contributed by atoms with Gasteiger partial charge >= 0.3 is 0 Å². The summed E-state index contributed by atoms with van der Waals surface area (Å²) in [6.07, 6.45) is 1.10. The van der Waals surface area contributed by atoms with Crippen LogP contribution in [0, 0.1) is 17.8 Å². The fraction of sp³-hybridized carbons (Fsp3) is 0.483. The third-order valence-electron chi connectivity index (χ3n) is 8.14. The van der Waals surface area contributed by atoms with Gasteiger partial charge in [0.25, 0.3) is 0 Å². The van der Waals surface area contributed by atoms with E-state index in [9.17, 15) is 19.5 Å². The van der Waals surface area contributed by atoms with E-state index in [1.54, 1.807) is 72.3 Å². The smallest absolute Gasteiger partial charge is 0.248 e. The Balaban J connectivity index is 1.43. The first-order valence-electron chi connectivity index (χ1n) is 13.4. The average Bonchev–Trinajstić information content (AvgIpc) is 3.52. The topological polar surface area (TPSA) is 117 Å². The quantitative estimate of drug-likeness (QED) is 0.413. The SMILES string of the molecule is CCOc1ccc(NC(=O)[C@@H]2[C@H]3C(=O)N(CCCO)C(C(=O)Nc4ccc(OC)cc4)C34S[C@@H]2CC4C)cc1. The molecule has 10 heteroatoms. The highest BCUT2D eigenvalue weighted by molar-refractivity contribution is 8.02. The number of hydrogen-bond acceptors (Lipinski definition) is 7. The first-order chi connectivity index (χ1) is 18.8. The molecule has 2 bridgehead atoms. The number of carbonyl (C=O) groups is 3. The highest BCUT2D eigenvalue weighted by atomic mass is 32.2. The van der Waals surface area contributed by atoms with Crippen molar-refractivity contribution in [2.45, 2.75) is 42.7 Å². The number of fused-ring (bicyclic) bond motifs is 1. The van der Waals surface area contributed by atoms with Crippen LogP contribution in [0.15, 0.2) is 48.5 Å². The van der Waals surface area contributed by atoms with Crippen LogP contribution in [0.1, 0.15) is 26.7 Å². The summed E-state index contributed by atoms with van der Waals surface area (Å²) in [5, 5.41) is 15.5. The van der Waals surface area contributed by atoms with Crippen molar-refractivity contribution in [3.63, 3.8) is 0 Å². The van der Waals surface area contributed by atoms with E-state index in [1.807, 2.05) is 6.92 Å². The maximum atomic E-state index is 14.0. The van der Waals surface area contributed by atoms with E-state index in [-0.39, 0.29) is 42.0 Å². The Hall–Kier alpha value is -3.24. The molecule has 2 aromatic carbocycles. The van der Waals surface area contributed by atoms with E-state index in [0.717, 1.165) is 12.2 Å². The Morgan fingerprint density at radius 3 is 2.26 bits per heavy atom. The molecule has 2 aromatic rings. The summed E-state index contributed by atoms with van der Waals surface area (Å²) in [6.45, 7) is 4.70. The Kier molecular flexibility index (Phi) is 7.77. The van der Waals surface area contributed by atoms with Gasteiger partial charge in [-0.05, 0) is 74.2 Å². The maximum absolute atomic E-state index is 14.0. The number of rotatable bonds is 10. The van der Waals surface area contributed by atoms with Crippen molar-refractivity contribution in [1.82, 2.24) is 4.90 Å². The molecule has 9 nitrogen and oxygen atoms in total. The molecule has 3 N–H and O–H groups in total. The first kappa shape index (κ1) is 27.3. The van der Waals surface area contributed by atoms with Crippen LogP contribution < -0.4 is 20.1 Å². The van der Waals surface area contributed by atoms with Gasteiger partial charge in [0.05, 0.1) is 30.3 Å². The fourth-order valence-electron chi connectivity index (χ4n) is 6.51. The van der Waals surface area contributed by atoms with Crippen LogP contribution in [0.5, 0.6) is 11.5 Å². The summed E-state index contributed by atoms with van der Waals surface area (Å²) in [5.41, 5.74) is 1.24. The van der Waals surface area contributed by atoms with Gasteiger partial charge in [0.1, 0.15) is 17.5 Å². The summed E-state index contributed by atoms with van der Waals surface area (Å²) in [7, 11) is 1.58. The molecule has 1 spiro atoms. The number of aliphatic hydroxyl groups is 1. The molecule has 3 aliphatic heterocycles. The van der Waals surface area contributed by atoms with Crippen LogP contribution in [0.2, 0.25) is 0 Å². The molecule has 0 saturated carbocycles. The van der Waals surface area contributed by atoms with Crippen molar-refractivity contribution in [2.75, 3.05) is 37.5 Å². The molecule has 6 atom stereocenters. The molecule has 3 aliphatic rings. The van der Waals surface area contributed by atoms with E-state index >= 15 is 0 Å². The molecule has 0 radical (unpaired) electrons. The van der Waals surface area contributed by atoms with Crippen molar-refractivity contribution in [2.24, 2.45) is 17.8 Å². The van der Waals surface area contributed by atoms with Crippen molar-refractivity contribution >= 4 is 40.9 Å². The second kappa shape index (κ2) is 11.1. The molecule has 5 rings (SSSR count). The number of methoxy groups -OCH3 is 1. The van der Waals surface area contributed by atoms with Gasteiger partial charge < -0.3 is 30.1 Å². The van der Waals surface area contributed by atoms with Gasteiger partial charge in [-0.25, -0.2) is 0 Å². The number of amides is 3. The molecule has 3 saturated heterocycles. The number of thioether (sulfide) groups is 1. The molecular formula is C29H35N3O6S. The summed E-state index contributed by atoms with van der Waals surface area (Å²) < 4.78 is 9.98. The second-order valence-electron chi connectivity index (χ2n) is 10.3. The van der Waals surface area contributed by atoms with Crippen molar-refractivity contribution in [3.8, 4) is 11.5 Å². The number of ether oxygens (including phenoxy) is 2. The van der Waals surface area contributed by atoms with Crippen molar-refractivity contribution < 1.29 is 29.0 Å². The van der Waals surface area contributed by atoms with Crippen LogP contribution in [0.4, 0.5) is 11.4 Å². The van der Waals surface area contributed by atoms with Gasteiger partial charge in [0.15, 0.2) is 0 Å². The lowest BCUT2D eigenvalue weighted by Crippen LogP contribution is -2.54.